The lowest BCUT2D eigenvalue weighted by atomic mass is 10.1. The van der Waals surface area contributed by atoms with Gasteiger partial charge in [0.15, 0.2) is 0 Å². The highest BCUT2D eigenvalue weighted by atomic mass is 32.1. The van der Waals surface area contributed by atoms with Gasteiger partial charge in [0.05, 0.1) is 22.8 Å². The van der Waals surface area contributed by atoms with Gasteiger partial charge in [0.25, 0.3) is 0 Å². The number of carbonyl (C=O) groups excluding carboxylic acids is 1. The van der Waals surface area contributed by atoms with Crippen molar-refractivity contribution in [3.05, 3.63) is 64.2 Å². The van der Waals surface area contributed by atoms with Crippen molar-refractivity contribution in [1.82, 2.24) is 14.8 Å². The van der Waals surface area contributed by atoms with Crippen LogP contribution in [0.4, 0.5) is 0 Å². The number of thiazole rings is 1. The van der Waals surface area contributed by atoms with Gasteiger partial charge in [-0.2, -0.15) is 0 Å². The van der Waals surface area contributed by atoms with Crippen LogP contribution in [0.25, 0.3) is 10.2 Å². The topological polar surface area (TPSA) is 36.4 Å². The number of nitrogens with zero attached hydrogens (tertiary/aromatic N) is 3. The second-order valence-corrected chi connectivity index (χ2v) is 8.36. The summed E-state index contributed by atoms with van der Waals surface area (Å²) < 4.78 is 1.16. The summed E-state index contributed by atoms with van der Waals surface area (Å²) in [5, 5.41) is 0.976. The van der Waals surface area contributed by atoms with Crippen LogP contribution in [-0.4, -0.2) is 41.3 Å². The number of rotatable bonds is 6. The van der Waals surface area contributed by atoms with Crippen molar-refractivity contribution >= 4 is 27.5 Å². The Morgan fingerprint density at radius 3 is 2.59 bits per heavy atom. The van der Waals surface area contributed by atoms with E-state index in [1.54, 1.807) is 16.2 Å². The molecular weight excluding hydrogens is 354 g/mol. The van der Waals surface area contributed by atoms with Crippen LogP contribution in [0.1, 0.15) is 34.7 Å². The minimum atomic E-state index is -0.0376. The van der Waals surface area contributed by atoms with Gasteiger partial charge in [0, 0.05) is 13.6 Å². The molecule has 1 amide bonds. The maximum atomic E-state index is 12.8. The van der Waals surface area contributed by atoms with E-state index >= 15 is 0 Å². The molecule has 0 bridgehead atoms. The zero-order valence-corrected chi connectivity index (χ0v) is 17.5. The van der Waals surface area contributed by atoms with Crippen molar-refractivity contribution in [2.45, 2.75) is 33.4 Å². The van der Waals surface area contributed by atoms with Gasteiger partial charge in [-0.1, -0.05) is 35.9 Å². The van der Waals surface area contributed by atoms with Gasteiger partial charge in [-0.05, 0) is 51.1 Å². The minimum absolute atomic E-state index is 0.0376. The number of para-hydroxylation sites is 1. The van der Waals surface area contributed by atoms with Crippen LogP contribution < -0.4 is 0 Å². The van der Waals surface area contributed by atoms with Crippen LogP contribution in [0.15, 0.2) is 42.5 Å². The lowest BCUT2D eigenvalue weighted by molar-refractivity contribution is -0.132. The Morgan fingerprint density at radius 1 is 1.15 bits per heavy atom. The van der Waals surface area contributed by atoms with Crippen LogP contribution in [0, 0.1) is 13.8 Å². The largest absolute Gasteiger partial charge is 0.335 e. The van der Waals surface area contributed by atoms with Gasteiger partial charge in [0.2, 0.25) is 5.91 Å². The van der Waals surface area contributed by atoms with Crippen molar-refractivity contribution in [3.8, 4) is 0 Å². The van der Waals surface area contributed by atoms with E-state index in [-0.39, 0.29) is 11.9 Å². The van der Waals surface area contributed by atoms with E-state index in [2.05, 4.69) is 43.0 Å². The van der Waals surface area contributed by atoms with Crippen molar-refractivity contribution in [1.29, 1.82) is 0 Å². The normalized spacial score (nSPS) is 12.5. The predicted molar refractivity (Wildman–Crippen MR) is 113 cm³/mol. The Hall–Kier alpha value is -2.24. The molecule has 0 aliphatic rings. The number of fused-ring (bicyclic) bond motifs is 1. The Balaban J connectivity index is 1.63. The van der Waals surface area contributed by atoms with Crippen molar-refractivity contribution in [3.63, 3.8) is 0 Å². The molecule has 2 aromatic carbocycles. The lowest BCUT2D eigenvalue weighted by Gasteiger charge is -2.26. The third kappa shape index (κ3) is 4.54. The number of likely N-dealkylation sites (N-methyl/N-ethyl adjacent to an activating group) is 2. The molecule has 0 unspecified atom stereocenters. The van der Waals surface area contributed by atoms with Crippen LogP contribution in [0.3, 0.4) is 0 Å². The number of benzene rings is 2. The SMILES string of the molecule is Cc1ccc(CN(C)CC(=O)N(C)[C@@H](C)c2nc3ccccc3s2)c(C)c1. The van der Waals surface area contributed by atoms with Gasteiger partial charge in [-0.15, -0.1) is 11.3 Å². The molecule has 0 N–H and O–H groups in total. The first-order chi connectivity index (χ1) is 12.8. The fraction of sp³-hybridized carbons (Fsp3) is 0.364. The van der Waals surface area contributed by atoms with Crippen LogP contribution in [0.5, 0.6) is 0 Å². The predicted octanol–water partition coefficient (Wildman–Crippen LogP) is 4.56. The standard InChI is InChI=1S/C22H27N3OS/c1-15-10-11-18(16(2)12-15)13-24(4)14-21(26)25(5)17(3)22-23-19-8-6-7-9-20(19)27-22/h6-12,17H,13-14H2,1-5H3/t17-/m0/s1. The maximum Gasteiger partial charge on any atom is 0.237 e. The summed E-state index contributed by atoms with van der Waals surface area (Å²) in [7, 11) is 3.86. The highest BCUT2D eigenvalue weighted by Crippen LogP contribution is 2.28. The number of hydrogen-bond acceptors (Lipinski definition) is 4. The maximum absolute atomic E-state index is 12.8. The van der Waals surface area contributed by atoms with E-state index in [1.807, 2.05) is 39.2 Å². The highest BCUT2D eigenvalue weighted by molar-refractivity contribution is 7.18. The first-order valence-corrected chi connectivity index (χ1v) is 10.0. The summed E-state index contributed by atoms with van der Waals surface area (Å²) in [6, 6.07) is 14.5. The molecule has 0 spiro atoms. The first kappa shape index (κ1) is 19.5. The van der Waals surface area contributed by atoms with E-state index in [4.69, 9.17) is 4.98 Å². The molecule has 3 aromatic rings. The molecule has 4 nitrogen and oxygen atoms in total. The third-order valence-electron chi connectivity index (χ3n) is 4.99. The van der Waals surface area contributed by atoms with E-state index in [0.717, 1.165) is 21.8 Å². The molecule has 5 heteroatoms. The van der Waals surface area contributed by atoms with E-state index < -0.39 is 0 Å². The summed E-state index contributed by atoms with van der Waals surface area (Å²) in [6.45, 7) is 7.42. The average molecular weight is 382 g/mol. The Kier molecular flexibility index (Phi) is 5.92. The van der Waals surface area contributed by atoms with E-state index in [1.165, 1.54) is 16.7 Å². The molecule has 1 heterocycles. The molecule has 1 aromatic heterocycles. The molecule has 0 saturated heterocycles. The summed E-state index contributed by atoms with van der Waals surface area (Å²) in [5.74, 6) is 0.106. The summed E-state index contributed by atoms with van der Waals surface area (Å²) in [4.78, 5) is 21.3. The quantitative estimate of drug-likeness (QED) is 0.628. The molecule has 0 saturated carbocycles. The summed E-state index contributed by atoms with van der Waals surface area (Å²) in [5.41, 5.74) is 4.79. The van der Waals surface area contributed by atoms with Gasteiger partial charge in [0.1, 0.15) is 5.01 Å². The van der Waals surface area contributed by atoms with E-state index in [0.29, 0.717) is 6.54 Å². The second-order valence-electron chi connectivity index (χ2n) is 7.30. The highest BCUT2D eigenvalue weighted by Gasteiger charge is 2.21. The van der Waals surface area contributed by atoms with Gasteiger partial charge in [-0.3, -0.25) is 9.69 Å². The molecule has 142 valence electrons. The Morgan fingerprint density at radius 2 is 1.89 bits per heavy atom. The number of aryl methyl sites for hydroxylation is 2. The first-order valence-electron chi connectivity index (χ1n) is 9.21. The third-order valence-corrected chi connectivity index (χ3v) is 6.19. The van der Waals surface area contributed by atoms with Crippen molar-refractivity contribution in [2.75, 3.05) is 20.6 Å². The number of hydrogen-bond donors (Lipinski definition) is 0. The molecule has 1 atom stereocenters. The summed E-state index contributed by atoms with van der Waals surface area (Å²) in [6.07, 6.45) is 0. The van der Waals surface area contributed by atoms with Gasteiger partial charge in [-0.25, -0.2) is 4.98 Å². The number of carbonyl (C=O) groups is 1. The molecule has 0 radical (unpaired) electrons. The molecule has 27 heavy (non-hydrogen) atoms. The minimum Gasteiger partial charge on any atom is -0.335 e. The monoisotopic (exact) mass is 381 g/mol. The van der Waals surface area contributed by atoms with Crippen LogP contribution in [0.2, 0.25) is 0 Å². The number of amides is 1. The van der Waals surface area contributed by atoms with Crippen molar-refractivity contribution in [2.24, 2.45) is 0 Å². The fourth-order valence-electron chi connectivity index (χ4n) is 3.16. The zero-order chi connectivity index (χ0) is 19.6. The second kappa shape index (κ2) is 8.19. The lowest BCUT2D eigenvalue weighted by Crippen LogP contribution is -2.37. The van der Waals surface area contributed by atoms with Crippen molar-refractivity contribution < 1.29 is 4.79 Å². The fourth-order valence-corrected chi connectivity index (χ4v) is 4.23. The smallest absolute Gasteiger partial charge is 0.237 e. The summed E-state index contributed by atoms with van der Waals surface area (Å²) >= 11 is 1.66. The van der Waals surface area contributed by atoms with Crippen LogP contribution in [-0.2, 0) is 11.3 Å². The molecule has 0 fully saturated rings. The van der Waals surface area contributed by atoms with Gasteiger partial charge < -0.3 is 4.90 Å². The Bertz CT molecular complexity index is 917. The van der Waals surface area contributed by atoms with E-state index in [9.17, 15) is 4.79 Å². The zero-order valence-electron chi connectivity index (χ0n) is 16.7. The average Bonchev–Trinajstić information content (AvgIpc) is 3.07. The molecule has 0 aliphatic heterocycles. The Labute approximate surface area is 165 Å². The molecule has 0 aliphatic carbocycles. The van der Waals surface area contributed by atoms with Crippen LogP contribution >= 0.6 is 11.3 Å². The van der Waals surface area contributed by atoms with Gasteiger partial charge >= 0.3 is 0 Å². The molecule has 3 rings (SSSR count). The molecular formula is C22H27N3OS. The number of aromatic nitrogens is 1.